The average Bonchev–Trinajstić information content (AvgIpc) is 2.86. The van der Waals surface area contributed by atoms with E-state index in [9.17, 15) is 18.8 Å². The Labute approximate surface area is 214 Å². The van der Waals surface area contributed by atoms with Crippen molar-refractivity contribution in [3.05, 3.63) is 48.3 Å². The van der Waals surface area contributed by atoms with Gasteiger partial charge < -0.3 is 10.2 Å². The molecule has 0 aliphatic heterocycles. The molecule has 0 saturated heterocycles. The molecule has 1 unspecified atom stereocenters. The van der Waals surface area contributed by atoms with Gasteiger partial charge in [-0.2, -0.15) is 5.48 Å². The molecule has 1 aliphatic rings. The topological polar surface area (TPSA) is 81.2 Å². The van der Waals surface area contributed by atoms with Gasteiger partial charge in [0.2, 0.25) is 0 Å². The van der Waals surface area contributed by atoms with Crippen molar-refractivity contribution in [3.8, 4) is 0 Å². The van der Waals surface area contributed by atoms with E-state index in [2.05, 4.69) is 14.9 Å². The third-order valence-electron chi connectivity index (χ3n) is 6.03. The first kappa shape index (κ1) is 27.7. The number of anilines is 1. The molecule has 192 valence electrons. The van der Waals surface area contributed by atoms with Crippen LogP contribution in [0.1, 0.15) is 38.5 Å². The first-order valence-electron chi connectivity index (χ1n) is 11.9. The van der Waals surface area contributed by atoms with Crippen molar-refractivity contribution in [3.63, 3.8) is 0 Å². The number of rotatable bonds is 12. The lowest BCUT2D eigenvalue weighted by Crippen LogP contribution is -2.74. The molecule has 1 amide bonds. The number of thioether (sulfide) groups is 1. The number of amides is 1. The van der Waals surface area contributed by atoms with Crippen LogP contribution < -0.4 is 15.5 Å². The smallest absolute Gasteiger partial charge is 0.267 e. The highest BCUT2D eigenvalue weighted by Gasteiger charge is 2.39. The summed E-state index contributed by atoms with van der Waals surface area (Å²) in [6.07, 6.45) is 3.83. The Bertz CT molecular complexity index is 957. The van der Waals surface area contributed by atoms with Gasteiger partial charge in [-0.15, -0.1) is 11.8 Å². The Hall–Kier alpha value is -1.85. The van der Waals surface area contributed by atoms with Crippen molar-refractivity contribution in [2.45, 2.75) is 60.0 Å². The van der Waals surface area contributed by atoms with Gasteiger partial charge in [0.25, 0.3) is 5.91 Å². The molecule has 2 aromatic rings. The molecular weight excluding hydrogens is 490 g/mol. The Morgan fingerprint density at radius 3 is 2.49 bits per heavy atom. The van der Waals surface area contributed by atoms with E-state index in [0.29, 0.717) is 10.6 Å². The summed E-state index contributed by atoms with van der Waals surface area (Å²) < 4.78 is 30.7. The molecule has 2 aromatic carbocycles. The molecule has 0 spiro atoms. The number of alkyl halides is 1. The van der Waals surface area contributed by atoms with Gasteiger partial charge in [-0.3, -0.25) is 9.52 Å². The summed E-state index contributed by atoms with van der Waals surface area (Å²) in [4.78, 5) is 16.2. The normalized spacial score (nSPS) is 16.2. The summed E-state index contributed by atoms with van der Waals surface area (Å²) in [5.74, 6) is -0.0787. The number of nitrogens with zero attached hydrogens (tertiary/aromatic N) is 1. The lowest BCUT2D eigenvalue weighted by atomic mass is 9.86. The largest absolute Gasteiger partial charge is 0.377 e. The molecule has 0 radical (unpaired) electrons. The van der Waals surface area contributed by atoms with Crippen LogP contribution in [0.4, 0.5) is 20.2 Å². The van der Waals surface area contributed by atoms with E-state index in [1.807, 2.05) is 26.2 Å². The first-order chi connectivity index (χ1) is 16.8. The maximum absolute atomic E-state index is 14.9. The second-order valence-electron chi connectivity index (χ2n) is 9.14. The summed E-state index contributed by atoms with van der Waals surface area (Å²) in [7, 11) is 4.04. The second kappa shape index (κ2) is 13.5. The van der Waals surface area contributed by atoms with Crippen molar-refractivity contribution in [2.75, 3.05) is 31.7 Å². The molecule has 5 N–H and O–H groups in total. The first-order valence-corrected chi connectivity index (χ1v) is 13.7. The fourth-order valence-electron chi connectivity index (χ4n) is 3.94. The van der Waals surface area contributed by atoms with Crippen LogP contribution in [0.25, 0.3) is 0 Å². The minimum atomic E-state index is -1.79. The van der Waals surface area contributed by atoms with E-state index in [0.717, 1.165) is 66.0 Å². The van der Waals surface area contributed by atoms with Gasteiger partial charge in [-0.05, 0) is 101 Å². The number of hydrogen-bond donors (Lipinski definition) is 4. The van der Waals surface area contributed by atoms with Gasteiger partial charge in [0.05, 0.1) is 5.69 Å². The number of nitrogens with one attached hydrogen (secondary N) is 2. The molecule has 10 heteroatoms. The van der Waals surface area contributed by atoms with Crippen LogP contribution in [0.2, 0.25) is 0 Å². The van der Waals surface area contributed by atoms with Crippen LogP contribution in [0.5, 0.6) is 0 Å². The Morgan fingerprint density at radius 1 is 1.14 bits per heavy atom. The number of benzene rings is 2. The van der Waals surface area contributed by atoms with Crippen LogP contribution in [0.15, 0.2) is 52.3 Å². The lowest BCUT2D eigenvalue weighted by molar-refractivity contribution is -0.825. The number of carbonyl (C=O) groups is 1. The van der Waals surface area contributed by atoms with Gasteiger partial charge in [0.1, 0.15) is 5.82 Å². The summed E-state index contributed by atoms with van der Waals surface area (Å²) in [5.41, 5.74) is 0.585. The molecule has 1 saturated carbocycles. The SMILES string of the molecule is CN(C)CCC(CSc1ccc(F)cc1)Nc1ccc(SNC(=O)C2(F)CCCCC2)cc1[NH2+]O. The summed E-state index contributed by atoms with van der Waals surface area (Å²) >= 11 is 2.70. The van der Waals surface area contributed by atoms with Gasteiger partial charge in [-0.1, -0.05) is 6.42 Å². The molecular formula is C25H35F2N4O2S2+. The molecule has 1 fully saturated rings. The zero-order chi connectivity index (χ0) is 25.3. The highest BCUT2D eigenvalue weighted by atomic mass is 32.2. The van der Waals surface area contributed by atoms with Crippen LogP contribution in [-0.4, -0.2) is 54.1 Å². The maximum atomic E-state index is 14.9. The number of hydrogen-bond acceptors (Lipinski definition) is 6. The quantitative estimate of drug-likeness (QED) is 0.139. The van der Waals surface area contributed by atoms with E-state index in [1.165, 1.54) is 12.1 Å². The van der Waals surface area contributed by atoms with Crippen molar-refractivity contribution in [1.29, 1.82) is 0 Å². The lowest BCUT2D eigenvalue weighted by Gasteiger charge is -2.27. The predicted molar refractivity (Wildman–Crippen MR) is 138 cm³/mol. The Kier molecular flexibility index (Phi) is 10.7. The third kappa shape index (κ3) is 8.64. The monoisotopic (exact) mass is 525 g/mol. The number of carbonyl (C=O) groups excluding carboxylic acids is 1. The van der Waals surface area contributed by atoms with Gasteiger partial charge in [0.15, 0.2) is 11.4 Å². The molecule has 35 heavy (non-hydrogen) atoms. The summed E-state index contributed by atoms with van der Waals surface area (Å²) in [6, 6.07) is 12.0. The summed E-state index contributed by atoms with van der Waals surface area (Å²) in [5, 5.41) is 13.4. The zero-order valence-electron chi connectivity index (χ0n) is 20.2. The van der Waals surface area contributed by atoms with E-state index in [-0.39, 0.29) is 24.7 Å². The van der Waals surface area contributed by atoms with Crippen LogP contribution in [-0.2, 0) is 4.79 Å². The second-order valence-corrected chi connectivity index (χ2v) is 11.1. The molecule has 0 aromatic heterocycles. The van der Waals surface area contributed by atoms with Crippen LogP contribution >= 0.6 is 23.7 Å². The van der Waals surface area contributed by atoms with E-state index in [1.54, 1.807) is 30.0 Å². The molecule has 1 atom stereocenters. The van der Waals surface area contributed by atoms with Crippen molar-refractivity contribution >= 4 is 41.0 Å². The van der Waals surface area contributed by atoms with E-state index in [4.69, 9.17) is 0 Å². The van der Waals surface area contributed by atoms with Gasteiger partial charge >= 0.3 is 0 Å². The van der Waals surface area contributed by atoms with Crippen molar-refractivity contribution in [2.24, 2.45) is 0 Å². The maximum Gasteiger partial charge on any atom is 0.267 e. The third-order valence-corrected chi connectivity index (χ3v) is 7.98. The van der Waals surface area contributed by atoms with Crippen LogP contribution in [0.3, 0.4) is 0 Å². The summed E-state index contributed by atoms with van der Waals surface area (Å²) in [6.45, 7) is 0.880. The van der Waals surface area contributed by atoms with Crippen molar-refractivity contribution in [1.82, 2.24) is 9.62 Å². The molecule has 3 rings (SSSR count). The molecule has 1 aliphatic carbocycles. The minimum absolute atomic E-state index is 0.0991. The number of quaternary nitrogens is 1. The van der Waals surface area contributed by atoms with Crippen molar-refractivity contribution < 1.29 is 24.3 Å². The van der Waals surface area contributed by atoms with Crippen LogP contribution in [0, 0.1) is 5.82 Å². The average molecular weight is 526 g/mol. The highest BCUT2D eigenvalue weighted by Crippen LogP contribution is 2.33. The molecule has 6 nitrogen and oxygen atoms in total. The van der Waals surface area contributed by atoms with Gasteiger partial charge in [-0.25, -0.2) is 14.0 Å². The highest BCUT2D eigenvalue weighted by molar-refractivity contribution is 7.99. The molecule has 0 heterocycles. The number of nitrogens with two attached hydrogens (primary N) is 1. The fraction of sp³-hybridized carbons (Fsp3) is 0.480. The standard InChI is InChI=1S/C25H34F2N4O2S2/c1-31(2)15-12-19(17-34-20-8-6-18(26)7-9-20)28-22-11-10-21(16-23(22)29-33)35-30-24(32)25(27)13-4-3-5-14-25/h6-11,16,19,28-29,33H,3-5,12-15,17H2,1-2H3,(H,30,32)/p+1. The Morgan fingerprint density at radius 2 is 1.83 bits per heavy atom. The zero-order valence-corrected chi connectivity index (χ0v) is 21.9. The van der Waals surface area contributed by atoms with Gasteiger partial charge in [0, 0.05) is 27.7 Å². The predicted octanol–water partition coefficient (Wildman–Crippen LogP) is 4.73. The number of halogens is 2. The van der Waals surface area contributed by atoms with E-state index < -0.39 is 11.6 Å². The minimum Gasteiger partial charge on any atom is -0.377 e. The fourth-order valence-corrected chi connectivity index (χ4v) is 5.62. The molecule has 0 bridgehead atoms. The van der Waals surface area contributed by atoms with E-state index >= 15 is 0 Å². The Balaban J connectivity index is 1.63.